The number of hydrogen-bond donors (Lipinski definition) is 2. The molecule has 0 atom stereocenters. The first-order chi connectivity index (χ1) is 10.6. The molecule has 1 heterocycles. The van der Waals surface area contributed by atoms with Gasteiger partial charge in [0.2, 0.25) is 0 Å². The molecule has 0 aliphatic carbocycles. The van der Waals surface area contributed by atoms with Crippen LogP contribution in [0.15, 0.2) is 22.6 Å². The molecule has 2 rings (SSSR count). The number of aliphatic hydroxyl groups is 1. The van der Waals surface area contributed by atoms with Crippen molar-refractivity contribution in [3.05, 3.63) is 24.1 Å². The molecule has 0 radical (unpaired) electrons. The van der Waals surface area contributed by atoms with Gasteiger partial charge in [-0.05, 0) is 24.6 Å². The lowest BCUT2D eigenvalue weighted by Crippen LogP contribution is -2.37. The van der Waals surface area contributed by atoms with Crippen LogP contribution in [0.3, 0.4) is 0 Å². The number of nitrogens with one attached hydrogen (secondary N) is 1. The Kier molecular flexibility index (Phi) is 5.77. The van der Waals surface area contributed by atoms with Gasteiger partial charge in [-0.3, -0.25) is 0 Å². The Labute approximate surface area is 130 Å². The number of anilines is 1. The summed E-state index contributed by atoms with van der Waals surface area (Å²) in [6.45, 7) is 4.84. The van der Waals surface area contributed by atoms with E-state index in [9.17, 15) is 4.79 Å². The number of amides is 2. The number of urea groups is 1. The summed E-state index contributed by atoms with van der Waals surface area (Å²) < 4.78 is 5.41. The summed E-state index contributed by atoms with van der Waals surface area (Å²) >= 11 is 0. The molecule has 0 saturated carbocycles. The number of carbonyl (C=O) groups is 1. The number of aliphatic hydroxyl groups excluding tert-OH is 1. The lowest BCUT2D eigenvalue weighted by atomic mass is 10.2. The maximum Gasteiger partial charge on any atom is 0.321 e. The molecule has 0 unspecified atom stereocenters. The van der Waals surface area contributed by atoms with E-state index < -0.39 is 0 Å². The van der Waals surface area contributed by atoms with E-state index in [-0.39, 0.29) is 12.6 Å². The van der Waals surface area contributed by atoms with E-state index in [0.717, 1.165) is 24.8 Å². The molecule has 1 aromatic heterocycles. The lowest BCUT2D eigenvalue weighted by molar-refractivity contribution is 0.187. The predicted molar refractivity (Wildman–Crippen MR) is 85.9 cm³/mol. The Morgan fingerprint density at radius 2 is 2.18 bits per heavy atom. The lowest BCUT2D eigenvalue weighted by Gasteiger charge is -2.22. The molecule has 2 N–H and O–H groups in total. The number of fused-ring (bicyclic) bond motifs is 1. The topological polar surface area (TPSA) is 78.6 Å². The molecule has 22 heavy (non-hydrogen) atoms. The number of hydrogen-bond acceptors (Lipinski definition) is 4. The minimum absolute atomic E-state index is 0.0406. The summed E-state index contributed by atoms with van der Waals surface area (Å²) in [6.07, 6.45) is 3.10. The molecular weight excluding hydrogens is 282 g/mol. The SMILES string of the molecule is CCCCCN(CCO)C(=O)Nc1ccc2oc(C)nc2c1. The van der Waals surface area contributed by atoms with Crippen LogP contribution in [0.5, 0.6) is 0 Å². The molecule has 0 fully saturated rings. The van der Waals surface area contributed by atoms with Crippen molar-refractivity contribution in [3.8, 4) is 0 Å². The summed E-state index contributed by atoms with van der Waals surface area (Å²) in [5.74, 6) is 0.597. The van der Waals surface area contributed by atoms with E-state index in [0.29, 0.717) is 30.3 Å². The van der Waals surface area contributed by atoms with Crippen LogP contribution < -0.4 is 5.32 Å². The van der Waals surface area contributed by atoms with Crippen molar-refractivity contribution in [2.45, 2.75) is 33.1 Å². The normalized spacial score (nSPS) is 10.9. The van der Waals surface area contributed by atoms with E-state index in [2.05, 4.69) is 17.2 Å². The molecule has 0 bridgehead atoms. The van der Waals surface area contributed by atoms with Crippen LogP contribution >= 0.6 is 0 Å². The fourth-order valence-corrected chi connectivity index (χ4v) is 2.31. The minimum Gasteiger partial charge on any atom is -0.441 e. The second kappa shape index (κ2) is 7.79. The molecule has 120 valence electrons. The van der Waals surface area contributed by atoms with Crippen LogP contribution in [0.2, 0.25) is 0 Å². The van der Waals surface area contributed by atoms with Crippen molar-refractivity contribution in [3.63, 3.8) is 0 Å². The summed E-state index contributed by atoms with van der Waals surface area (Å²) in [5, 5.41) is 12.0. The van der Waals surface area contributed by atoms with Crippen molar-refractivity contribution in [1.29, 1.82) is 0 Å². The molecule has 6 nitrogen and oxygen atoms in total. The van der Waals surface area contributed by atoms with E-state index in [1.54, 1.807) is 30.0 Å². The number of unbranched alkanes of at least 4 members (excludes halogenated alkanes) is 2. The number of oxazole rings is 1. The number of aromatic nitrogens is 1. The van der Waals surface area contributed by atoms with Crippen molar-refractivity contribution < 1.29 is 14.3 Å². The summed E-state index contributed by atoms with van der Waals surface area (Å²) in [5.41, 5.74) is 2.09. The smallest absolute Gasteiger partial charge is 0.321 e. The van der Waals surface area contributed by atoms with E-state index in [1.165, 1.54) is 0 Å². The van der Waals surface area contributed by atoms with E-state index in [4.69, 9.17) is 9.52 Å². The summed E-state index contributed by atoms with van der Waals surface area (Å²) in [4.78, 5) is 18.2. The number of rotatable bonds is 7. The molecule has 6 heteroatoms. The molecular formula is C16H23N3O3. The highest BCUT2D eigenvalue weighted by Crippen LogP contribution is 2.20. The zero-order valence-corrected chi connectivity index (χ0v) is 13.1. The fraction of sp³-hybridized carbons (Fsp3) is 0.500. The Bertz CT molecular complexity index is 624. The summed E-state index contributed by atoms with van der Waals surface area (Å²) in [6, 6.07) is 5.16. The molecule has 0 aliphatic rings. The second-order valence-electron chi connectivity index (χ2n) is 5.26. The predicted octanol–water partition coefficient (Wildman–Crippen LogP) is 3.15. The maximum absolute atomic E-state index is 12.3. The highest BCUT2D eigenvalue weighted by molar-refractivity contribution is 5.91. The van der Waals surface area contributed by atoms with Gasteiger partial charge in [0.25, 0.3) is 0 Å². The zero-order valence-electron chi connectivity index (χ0n) is 13.1. The minimum atomic E-state index is -0.204. The van der Waals surface area contributed by atoms with E-state index >= 15 is 0 Å². The van der Waals surface area contributed by atoms with Crippen LogP contribution in [0, 0.1) is 6.92 Å². The largest absolute Gasteiger partial charge is 0.441 e. The highest BCUT2D eigenvalue weighted by atomic mass is 16.3. The van der Waals surface area contributed by atoms with Crippen molar-refractivity contribution in [1.82, 2.24) is 9.88 Å². The van der Waals surface area contributed by atoms with Gasteiger partial charge in [0.05, 0.1) is 6.61 Å². The Morgan fingerprint density at radius 1 is 1.36 bits per heavy atom. The van der Waals surface area contributed by atoms with Crippen LogP contribution in [0.1, 0.15) is 32.1 Å². The fourth-order valence-electron chi connectivity index (χ4n) is 2.31. The highest BCUT2D eigenvalue weighted by Gasteiger charge is 2.13. The van der Waals surface area contributed by atoms with Gasteiger partial charge in [0.1, 0.15) is 5.52 Å². The maximum atomic E-state index is 12.3. The quantitative estimate of drug-likeness (QED) is 0.770. The molecule has 1 aromatic carbocycles. The van der Waals surface area contributed by atoms with Gasteiger partial charge in [0.15, 0.2) is 11.5 Å². The average Bonchev–Trinajstić information content (AvgIpc) is 2.86. The molecule has 2 aromatic rings. The summed E-state index contributed by atoms with van der Waals surface area (Å²) in [7, 11) is 0. The molecule has 0 saturated heterocycles. The molecule has 2 amide bonds. The van der Waals surface area contributed by atoms with Gasteiger partial charge < -0.3 is 19.7 Å². The van der Waals surface area contributed by atoms with Gasteiger partial charge in [-0.2, -0.15) is 0 Å². The molecule has 0 spiro atoms. The molecule has 0 aliphatic heterocycles. The van der Waals surface area contributed by atoms with Gasteiger partial charge in [-0.25, -0.2) is 9.78 Å². The number of benzene rings is 1. The van der Waals surface area contributed by atoms with E-state index in [1.807, 2.05) is 0 Å². The number of carbonyl (C=O) groups excluding carboxylic acids is 1. The van der Waals surface area contributed by atoms with Gasteiger partial charge in [0, 0.05) is 25.7 Å². The first-order valence-corrected chi connectivity index (χ1v) is 7.68. The van der Waals surface area contributed by atoms with Crippen LogP contribution in [0.25, 0.3) is 11.1 Å². The van der Waals surface area contributed by atoms with Crippen molar-refractivity contribution in [2.75, 3.05) is 25.0 Å². The van der Waals surface area contributed by atoms with Crippen molar-refractivity contribution in [2.24, 2.45) is 0 Å². The zero-order chi connectivity index (χ0) is 15.9. The van der Waals surface area contributed by atoms with Crippen LogP contribution in [-0.4, -0.2) is 40.7 Å². The van der Waals surface area contributed by atoms with Gasteiger partial charge >= 0.3 is 6.03 Å². The Hall–Kier alpha value is -2.08. The first-order valence-electron chi connectivity index (χ1n) is 7.68. The van der Waals surface area contributed by atoms with Crippen molar-refractivity contribution >= 4 is 22.8 Å². The third-order valence-electron chi connectivity index (χ3n) is 3.43. The average molecular weight is 305 g/mol. The third-order valence-corrected chi connectivity index (χ3v) is 3.43. The first kappa shape index (κ1) is 16.3. The van der Waals surface area contributed by atoms with Gasteiger partial charge in [-0.15, -0.1) is 0 Å². The monoisotopic (exact) mass is 305 g/mol. The van der Waals surface area contributed by atoms with Crippen LogP contribution in [0.4, 0.5) is 10.5 Å². The second-order valence-corrected chi connectivity index (χ2v) is 5.26. The van der Waals surface area contributed by atoms with Crippen LogP contribution in [-0.2, 0) is 0 Å². The Balaban J connectivity index is 2.02. The standard InChI is InChI=1S/C16H23N3O3/c1-3-4-5-8-19(9-10-20)16(21)18-13-6-7-15-14(11-13)17-12(2)22-15/h6-7,11,20H,3-5,8-10H2,1-2H3,(H,18,21). The van der Waals surface area contributed by atoms with Gasteiger partial charge in [-0.1, -0.05) is 19.8 Å². The Morgan fingerprint density at radius 3 is 2.91 bits per heavy atom. The number of aryl methyl sites for hydroxylation is 1. The third kappa shape index (κ3) is 4.21. The number of nitrogens with zero attached hydrogens (tertiary/aromatic N) is 2.